The van der Waals surface area contributed by atoms with E-state index in [0.717, 1.165) is 78.5 Å². The monoisotopic (exact) mass is 884 g/mol. The molecule has 7 atom stereocenters. The zero-order valence-corrected chi connectivity index (χ0v) is 37.8. The van der Waals surface area contributed by atoms with E-state index in [-0.39, 0.29) is 49.9 Å². The van der Waals surface area contributed by atoms with Gasteiger partial charge in [-0.05, 0) is 115 Å². The smallest absolute Gasteiger partial charge is 0.239 e. The highest BCUT2D eigenvalue weighted by molar-refractivity contribution is 6.03. The molecule has 11 nitrogen and oxygen atoms in total. The van der Waals surface area contributed by atoms with Crippen LogP contribution in [0.5, 0.6) is 23.0 Å². The number of nitrogens with zero attached hydrogens (tertiary/aromatic N) is 2. The predicted molar refractivity (Wildman–Crippen MR) is 251 cm³/mol. The lowest BCUT2D eigenvalue weighted by atomic mass is 9.55. The number of unbranched alkanes of at least 4 members (excludes halogenated alkanes) is 2. The van der Waals surface area contributed by atoms with Crippen LogP contribution >= 0.6 is 0 Å². The lowest BCUT2D eigenvalue weighted by Crippen LogP contribution is -2.69. The third-order valence-corrected chi connectivity index (χ3v) is 13.6. The van der Waals surface area contributed by atoms with Gasteiger partial charge in [-0.25, -0.2) is 0 Å². The molecule has 2 fully saturated rings. The van der Waals surface area contributed by atoms with Crippen LogP contribution in [0.4, 0.5) is 0 Å². The van der Waals surface area contributed by atoms with E-state index in [1.807, 2.05) is 73.8 Å². The topological polar surface area (TPSA) is 129 Å². The van der Waals surface area contributed by atoms with Gasteiger partial charge in [0.15, 0.2) is 0 Å². The summed E-state index contributed by atoms with van der Waals surface area (Å²) in [5.41, 5.74) is 5.75. The molecular formula is C54H64N2O9. The molecule has 4 aromatic rings. The van der Waals surface area contributed by atoms with E-state index >= 15 is 0 Å². The molecule has 2 aliphatic heterocycles. The fourth-order valence-electron chi connectivity index (χ4n) is 10.4. The van der Waals surface area contributed by atoms with Crippen molar-refractivity contribution in [2.75, 3.05) is 40.6 Å². The number of methoxy groups -OCH3 is 1. The fraction of sp³-hybridized carbons (Fsp3) is 0.444. The number of hydrogen-bond acceptors (Lipinski definition) is 10. The van der Waals surface area contributed by atoms with E-state index in [4.69, 9.17) is 33.7 Å². The molecule has 8 rings (SSSR count). The van der Waals surface area contributed by atoms with Crippen LogP contribution in [0.1, 0.15) is 81.3 Å². The van der Waals surface area contributed by atoms with E-state index in [0.29, 0.717) is 48.9 Å². The zero-order chi connectivity index (χ0) is 45.2. The van der Waals surface area contributed by atoms with Gasteiger partial charge in [0.2, 0.25) is 18.0 Å². The molecule has 1 amide bonds. The third kappa shape index (κ3) is 10.3. The molecule has 0 bridgehead atoms. The number of hydrogen-bond donors (Lipinski definition) is 2. The standard InChI is InChI=1S/C54H64N2O9/c1-4-30-62-54-49(56(2)50(59)33-37-15-14-19-42(32-37)60-3)36-47(55-65-51-21-10-13-31-61-51)45-34-40(18-8-11-28-57)44(20-9-12-29-58)52(53(45)54)46-35-43(26-27-48(46)64-54)63-41-24-22-39(23-25-41)38-16-6-5-7-17-38/h4-7,14-17,19,22-27,32,34-35,40,44,49,51-53,57-58H,1,8-13,18,20-21,28-31,33,36H2,2-3H3. The Morgan fingerprint density at radius 3 is 2.40 bits per heavy atom. The summed E-state index contributed by atoms with van der Waals surface area (Å²) in [6, 6.07) is 31.3. The first-order valence-electron chi connectivity index (χ1n) is 23.4. The number of allylic oxidation sites excluding steroid dienone is 1. The van der Waals surface area contributed by atoms with Gasteiger partial charge in [0.05, 0.1) is 38.4 Å². The van der Waals surface area contributed by atoms with Gasteiger partial charge >= 0.3 is 0 Å². The summed E-state index contributed by atoms with van der Waals surface area (Å²) in [5.74, 6) is 0.783. The Labute approximate surface area is 383 Å². The first-order valence-corrected chi connectivity index (χ1v) is 23.4. The number of benzene rings is 4. The van der Waals surface area contributed by atoms with Crippen LogP contribution in [-0.4, -0.2) is 85.4 Å². The number of carbonyl (C=O) groups is 1. The second kappa shape index (κ2) is 21.7. The van der Waals surface area contributed by atoms with Crippen molar-refractivity contribution in [3.8, 4) is 34.1 Å². The van der Waals surface area contributed by atoms with Crippen molar-refractivity contribution in [1.29, 1.82) is 0 Å². The van der Waals surface area contributed by atoms with E-state index in [1.54, 1.807) is 18.1 Å². The molecule has 2 N–H and O–H groups in total. The molecule has 2 heterocycles. The van der Waals surface area contributed by atoms with Crippen LogP contribution < -0.4 is 14.2 Å². The SMILES string of the molecule is C=CCOC12Oc3ccc(Oc4ccc(-c5ccccc5)cc4)cc3C3C(CCCCO)C(CCCCO)C=C(C(=NOC4CCCCO4)CC1N(C)C(=O)Cc1cccc(OC)c1)C32. The number of amides is 1. The lowest BCUT2D eigenvalue weighted by molar-refractivity contribution is -0.255. The van der Waals surface area contributed by atoms with Crippen molar-refractivity contribution >= 4 is 11.6 Å². The van der Waals surface area contributed by atoms with Gasteiger partial charge in [0.25, 0.3) is 0 Å². The first-order chi connectivity index (χ1) is 31.8. The minimum atomic E-state index is -1.36. The molecule has 0 spiro atoms. The minimum absolute atomic E-state index is 0.0733. The molecule has 0 aromatic heterocycles. The number of fused-ring (bicyclic) bond motifs is 2. The highest BCUT2D eigenvalue weighted by atomic mass is 16.8. The largest absolute Gasteiger partial charge is 0.497 e. The van der Waals surface area contributed by atoms with Crippen molar-refractivity contribution in [3.63, 3.8) is 0 Å². The van der Waals surface area contributed by atoms with Crippen LogP contribution in [0, 0.1) is 17.8 Å². The van der Waals surface area contributed by atoms with Crippen LogP contribution in [0.15, 0.2) is 127 Å². The molecule has 11 heteroatoms. The van der Waals surface area contributed by atoms with Gasteiger partial charge in [-0.15, -0.1) is 6.58 Å². The predicted octanol–water partition coefficient (Wildman–Crippen LogP) is 10.0. The van der Waals surface area contributed by atoms with Gasteiger partial charge in [0.1, 0.15) is 29.0 Å². The first kappa shape index (κ1) is 46.1. The van der Waals surface area contributed by atoms with Gasteiger partial charge < -0.3 is 43.6 Å². The Morgan fingerprint density at radius 2 is 1.66 bits per heavy atom. The molecule has 0 radical (unpaired) electrons. The lowest BCUT2D eigenvalue weighted by Gasteiger charge is -2.59. The summed E-state index contributed by atoms with van der Waals surface area (Å²) < 4.78 is 32.6. The molecule has 4 aliphatic rings. The summed E-state index contributed by atoms with van der Waals surface area (Å²) in [4.78, 5) is 22.7. The number of aliphatic hydroxyl groups is 2. The molecule has 4 aromatic carbocycles. The normalized spacial score (nSPS) is 25.0. The maximum Gasteiger partial charge on any atom is 0.239 e. The Kier molecular flexibility index (Phi) is 15.4. The summed E-state index contributed by atoms with van der Waals surface area (Å²) in [7, 11) is 3.45. The van der Waals surface area contributed by atoms with Crippen LogP contribution in [0.3, 0.4) is 0 Å². The van der Waals surface area contributed by atoms with Gasteiger partial charge in [0, 0.05) is 44.6 Å². The second-order valence-electron chi connectivity index (χ2n) is 17.7. The maximum absolute atomic E-state index is 14.7. The fourth-order valence-corrected chi connectivity index (χ4v) is 10.4. The maximum atomic E-state index is 14.7. The van der Waals surface area contributed by atoms with Gasteiger partial charge in [-0.2, -0.15) is 0 Å². The number of aliphatic hydroxyl groups excluding tert-OH is 2. The summed E-state index contributed by atoms with van der Waals surface area (Å²) in [5, 5.41) is 24.9. The van der Waals surface area contributed by atoms with Crippen LogP contribution in [-0.2, 0) is 25.5 Å². The molecule has 65 heavy (non-hydrogen) atoms. The Morgan fingerprint density at radius 1 is 0.892 bits per heavy atom. The van der Waals surface area contributed by atoms with Crippen LogP contribution in [0.25, 0.3) is 11.1 Å². The van der Waals surface area contributed by atoms with Gasteiger partial charge in [-0.3, -0.25) is 4.79 Å². The second-order valence-corrected chi connectivity index (χ2v) is 17.7. The molecule has 2 aliphatic carbocycles. The Bertz CT molecular complexity index is 2270. The number of rotatable bonds is 20. The van der Waals surface area contributed by atoms with Crippen molar-refractivity contribution < 1.29 is 43.5 Å². The quantitative estimate of drug-likeness (QED) is 0.0507. The summed E-state index contributed by atoms with van der Waals surface area (Å²) in [6.07, 6.45) is 11.4. The van der Waals surface area contributed by atoms with E-state index in [2.05, 4.69) is 43.0 Å². The third-order valence-electron chi connectivity index (χ3n) is 13.6. The molecule has 1 saturated heterocycles. The highest BCUT2D eigenvalue weighted by Crippen LogP contribution is 2.62. The summed E-state index contributed by atoms with van der Waals surface area (Å²) >= 11 is 0. The molecule has 1 saturated carbocycles. The average molecular weight is 885 g/mol. The van der Waals surface area contributed by atoms with Crippen molar-refractivity contribution in [3.05, 3.63) is 132 Å². The highest BCUT2D eigenvalue weighted by Gasteiger charge is 2.65. The minimum Gasteiger partial charge on any atom is -0.497 e. The van der Waals surface area contributed by atoms with Crippen molar-refractivity contribution in [2.24, 2.45) is 22.9 Å². The number of carbonyl (C=O) groups excluding carboxylic acids is 1. The average Bonchev–Trinajstić information content (AvgIpc) is 3.34. The Balaban J connectivity index is 1.26. The molecular weight excluding hydrogens is 821 g/mol. The van der Waals surface area contributed by atoms with E-state index in [9.17, 15) is 15.0 Å². The van der Waals surface area contributed by atoms with Crippen molar-refractivity contribution in [2.45, 2.75) is 94.7 Å². The number of likely N-dealkylation sites (N-methyl/N-ethyl adjacent to an activating group) is 1. The van der Waals surface area contributed by atoms with E-state index in [1.165, 1.54) is 0 Å². The zero-order valence-electron chi connectivity index (χ0n) is 37.8. The number of oxime groups is 1. The van der Waals surface area contributed by atoms with Crippen molar-refractivity contribution in [1.82, 2.24) is 4.90 Å². The Hall–Kier alpha value is -5.46. The van der Waals surface area contributed by atoms with Crippen LogP contribution in [0.2, 0.25) is 0 Å². The van der Waals surface area contributed by atoms with E-state index < -0.39 is 24.0 Å². The molecule has 7 unspecified atom stereocenters. The molecule has 344 valence electrons. The summed E-state index contributed by atoms with van der Waals surface area (Å²) in [6.45, 7) is 5.06. The number of ether oxygens (including phenoxy) is 5. The van der Waals surface area contributed by atoms with Gasteiger partial charge in [-0.1, -0.05) is 84.7 Å².